The van der Waals surface area contributed by atoms with Crippen LogP contribution in [-0.4, -0.2) is 22.9 Å². The van der Waals surface area contributed by atoms with Gasteiger partial charge in [-0.3, -0.25) is 4.68 Å². The van der Waals surface area contributed by atoms with Crippen molar-refractivity contribution in [1.29, 1.82) is 0 Å². The lowest BCUT2D eigenvalue weighted by atomic mass is 10.0. The molecule has 4 rings (SSSR count). The Balaban J connectivity index is 1.80. The molecule has 0 unspecified atom stereocenters. The molecule has 0 saturated heterocycles. The summed E-state index contributed by atoms with van der Waals surface area (Å²) in [5.74, 6) is -0.217. The molecule has 1 aliphatic rings. The first-order chi connectivity index (χ1) is 11.8. The average Bonchev–Trinajstić information content (AvgIpc) is 2.78. The van der Waals surface area contributed by atoms with E-state index in [1.165, 1.54) is 22.9 Å². The fourth-order valence-corrected chi connectivity index (χ4v) is 3.38. The summed E-state index contributed by atoms with van der Waals surface area (Å²) in [6.07, 6.45) is 1.88. The minimum absolute atomic E-state index is 0.217. The number of aromatic nitrogens is 2. The zero-order valence-electron chi connectivity index (χ0n) is 13.5. The van der Waals surface area contributed by atoms with Gasteiger partial charge in [-0.2, -0.15) is 5.10 Å². The van der Waals surface area contributed by atoms with Crippen molar-refractivity contribution in [3.63, 3.8) is 0 Å². The lowest BCUT2D eigenvalue weighted by Crippen LogP contribution is -2.17. The molecule has 0 bridgehead atoms. The predicted octanol–water partition coefficient (Wildman–Crippen LogP) is 3.43. The predicted molar refractivity (Wildman–Crippen MR) is 93.4 cm³/mol. The van der Waals surface area contributed by atoms with Gasteiger partial charge in [-0.05, 0) is 30.7 Å². The molecule has 1 aromatic heterocycles. The Hall–Kier alpha value is -2.46. The Morgan fingerprint density at radius 1 is 1.00 bits per heavy atom. The van der Waals surface area contributed by atoms with Gasteiger partial charge in [-0.15, -0.1) is 0 Å². The fraction of sp³-hybridized carbons (Fsp3) is 0.250. The summed E-state index contributed by atoms with van der Waals surface area (Å²) in [6.45, 7) is 2.64. The van der Waals surface area contributed by atoms with Crippen LogP contribution < -0.4 is 5.32 Å². The Kier molecular flexibility index (Phi) is 4.13. The summed E-state index contributed by atoms with van der Waals surface area (Å²) in [4.78, 5) is 0. The molecule has 24 heavy (non-hydrogen) atoms. The Morgan fingerprint density at radius 3 is 2.67 bits per heavy atom. The number of nitrogens with zero attached hydrogens (tertiary/aromatic N) is 2. The SMILES string of the molecule is Fc1cccc(-c2nn(Cc3ccccc3)c3c2CCNCC3)c1. The highest BCUT2D eigenvalue weighted by Gasteiger charge is 2.20. The number of hydrogen-bond donors (Lipinski definition) is 1. The van der Waals surface area contributed by atoms with E-state index in [-0.39, 0.29) is 5.82 Å². The van der Waals surface area contributed by atoms with Crippen molar-refractivity contribution in [2.75, 3.05) is 13.1 Å². The molecule has 0 amide bonds. The largest absolute Gasteiger partial charge is 0.316 e. The highest BCUT2D eigenvalue weighted by atomic mass is 19.1. The van der Waals surface area contributed by atoms with Crippen molar-refractivity contribution in [2.24, 2.45) is 0 Å². The number of halogens is 1. The number of rotatable bonds is 3. The van der Waals surface area contributed by atoms with Crippen LogP contribution in [0.1, 0.15) is 16.8 Å². The van der Waals surface area contributed by atoms with Crippen LogP contribution in [0.25, 0.3) is 11.3 Å². The number of fused-ring (bicyclic) bond motifs is 1. The zero-order chi connectivity index (χ0) is 16.4. The van der Waals surface area contributed by atoms with E-state index >= 15 is 0 Å². The second-order valence-corrected chi connectivity index (χ2v) is 6.18. The topological polar surface area (TPSA) is 29.9 Å². The molecule has 0 radical (unpaired) electrons. The van der Waals surface area contributed by atoms with Gasteiger partial charge >= 0.3 is 0 Å². The molecule has 0 atom stereocenters. The van der Waals surface area contributed by atoms with Gasteiger partial charge in [0.1, 0.15) is 5.82 Å². The van der Waals surface area contributed by atoms with Gasteiger partial charge in [-0.1, -0.05) is 42.5 Å². The molecule has 122 valence electrons. The number of benzene rings is 2. The van der Waals surface area contributed by atoms with Gasteiger partial charge in [0.05, 0.1) is 12.2 Å². The molecule has 1 aliphatic heterocycles. The third-order valence-corrected chi connectivity index (χ3v) is 4.53. The van der Waals surface area contributed by atoms with Gasteiger partial charge in [0.15, 0.2) is 0 Å². The monoisotopic (exact) mass is 321 g/mol. The first kappa shape index (κ1) is 15.1. The maximum atomic E-state index is 13.7. The molecule has 0 aliphatic carbocycles. The van der Waals surface area contributed by atoms with Gasteiger partial charge < -0.3 is 5.32 Å². The van der Waals surface area contributed by atoms with Crippen molar-refractivity contribution in [2.45, 2.75) is 19.4 Å². The molecule has 0 fully saturated rings. The van der Waals surface area contributed by atoms with Crippen molar-refractivity contribution >= 4 is 0 Å². The third-order valence-electron chi connectivity index (χ3n) is 4.53. The minimum atomic E-state index is -0.217. The molecule has 2 aromatic carbocycles. The van der Waals surface area contributed by atoms with Crippen molar-refractivity contribution in [3.05, 3.63) is 77.2 Å². The van der Waals surface area contributed by atoms with Gasteiger partial charge in [0, 0.05) is 29.8 Å². The van der Waals surface area contributed by atoms with E-state index in [1.54, 1.807) is 12.1 Å². The van der Waals surface area contributed by atoms with E-state index < -0.39 is 0 Å². The Morgan fingerprint density at radius 2 is 1.83 bits per heavy atom. The summed E-state index contributed by atoms with van der Waals surface area (Å²) in [6, 6.07) is 17.1. The quantitative estimate of drug-likeness (QED) is 0.801. The molecular formula is C20H20FN3. The minimum Gasteiger partial charge on any atom is -0.316 e. The summed E-state index contributed by atoms with van der Waals surface area (Å²) in [7, 11) is 0. The molecule has 4 heteroatoms. The van der Waals surface area contributed by atoms with Gasteiger partial charge in [-0.25, -0.2) is 4.39 Å². The summed E-state index contributed by atoms with van der Waals surface area (Å²) < 4.78 is 15.8. The van der Waals surface area contributed by atoms with E-state index in [4.69, 9.17) is 5.10 Å². The van der Waals surface area contributed by atoms with Crippen LogP contribution in [0.3, 0.4) is 0 Å². The second kappa shape index (κ2) is 6.57. The molecule has 0 saturated carbocycles. The summed E-state index contributed by atoms with van der Waals surface area (Å²) in [5, 5.41) is 8.31. The summed E-state index contributed by atoms with van der Waals surface area (Å²) in [5.41, 5.74) is 5.53. The fourth-order valence-electron chi connectivity index (χ4n) is 3.38. The lowest BCUT2D eigenvalue weighted by Gasteiger charge is -2.07. The molecular weight excluding hydrogens is 301 g/mol. The Labute approximate surface area is 141 Å². The van der Waals surface area contributed by atoms with E-state index in [9.17, 15) is 4.39 Å². The molecule has 2 heterocycles. The van der Waals surface area contributed by atoms with Gasteiger partial charge in [0.2, 0.25) is 0 Å². The third kappa shape index (κ3) is 2.97. The van der Waals surface area contributed by atoms with E-state index in [0.717, 1.165) is 43.7 Å². The average molecular weight is 321 g/mol. The van der Waals surface area contributed by atoms with Crippen LogP contribution >= 0.6 is 0 Å². The number of hydrogen-bond acceptors (Lipinski definition) is 2. The second-order valence-electron chi connectivity index (χ2n) is 6.18. The van der Waals surface area contributed by atoms with Crippen molar-refractivity contribution < 1.29 is 4.39 Å². The maximum Gasteiger partial charge on any atom is 0.123 e. The van der Waals surface area contributed by atoms with Crippen molar-refractivity contribution in [1.82, 2.24) is 15.1 Å². The first-order valence-electron chi connectivity index (χ1n) is 8.40. The van der Waals surface area contributed by atoms with Gasteiger partial charge in [0.25, 0.3) is 0 Å². The number of nitrogens with one attached hydrogen (secondary N) is 1. The normalized spacial score (nSPS) is 14.2. The van der Waals surface area contributed by atoms with Crippen LogP contribution in [0.5, 0.6) is 0 Å². The van der Waals surface area contributed by atoms with Crippen LogP contribution in [0.4, 0.5) is 4.39 Å². The maximum absolute atomic E-state index is 13.7. The van der Waals surface area contributed by atoms with Crippen LogP contribution in [0.15, 0.2) is 54.6 Å². The standard InChI is InChI=1S/C20H20FN3/c21-17-8-4-7-16(13-17)20-18-9-11-22-12-10-19(18)24(23-20)14-15-5-2-1-3-6-15/h1-8,13,22H,9-12,14H2. The first-order valence-corrected chi connectivity index (χ1v) is 8.40. The van der Waals surface area contributed by atoms with Crippen molar-refractivity contribution in [3.8, 4) is 11.3 Å². The smallest absolute Gasteiger partial charge is 0.123 e. The molecule has 0 spiro atoms. The van der Waals surface area contributed by atoms with E-state index in [0.29, 0.717) is 0 Å². The summed E-state index contributed by atoms with van der Waals surface area (Å²) >= 11 is 0. The van der Waals surface area contributed by atoms with E-state index in [2.05, 4.69) is 22.1 Å². The van der Waals surface area contributed by atoms with Crippen LogP contribution in [0, 0.1) is 5.82 Å². The molecule has 3 aromatic rings. The van der Waals surface area contributed by atoms with E-state index in [1.807, 2.05) is 24.3 Å². The lowest BCUT2D eigenvalue weighted by molar-refractivity contribution is 0.625. The molecule has 1 N–H and O–H groups in total. The highest BCUT2D eigenvalue weighted by molar-refractivity contribution is 5.64. The Bertz CT molecular complexity index is 839. The van der Waals surface area contributed by atoms with Crippen LogP contribution in [-0.2, 0) is 19.4 Å². The zero-order valence-corrected chi connectivity index (χ0v) is 13.5. The van der Waals surface area contributed by atoms with Crippen LogP contribution in [0.2, 0.25) is 0 Å². The molecule has 3 nitrogen and oxygen atoms in total. The highest BCUT2D eigenvalue weighted by Crippen LogP contribution is 2.28.